The van der Waals surface area contributed by atoms with Crippen molar-refractivity contribution in [3.8, 4) is 11.5 Å². The number of hydrogen-bond donors (Lipinski definition) is 1. The zero-order valence-corrected chi connectivity index (χ0v) is 15.9. The average molecular weight is 460 g/mol. The van der Waals surface area contributed by atoms with Crippen LogP contribution >= 0.6 is 38.5 Å². The van der Waals surface area contributed by atoms with E-state index in [-0.39, 0.29) is 0 Å². The van der Waals surface area contributed by atoms with E-state index in [0.29, 0.717) is 5.92 Å². The molecule has 0 saturated heterocycles. The first-order valence-electron chi connectivity index (χ1n) is 6.97. The van der Waals surface area contributed by atoms with Gasteiger partial charge in [-0.2, -0.15) is 0 Å². The van der Waals surface area contributed by atoms with Crippen LogP contribution < -0.4 is 10.1 Å². The Morgan fingerprint density at radius 3 is 2.71 bits per heavy atom. The van der Waals surface area contributed by atoms with Crippen molar-refractivity contribution in [1.29, 1.82) is 0 Å². The third-order valence-corrected chi connectivity index (χ3v) is 4.09. The normalized spacial score (nSPS) is 10.9. The summed E-state index contributed by atoms with van der Waals surface area (Å²) in [4.78, 5) is 0. The van der Waals surface area contributed by atoms with E-state index in [0.717, 1.165) is 34.6 Å². The zero-order chi connectivity index (χ0) is 15.2. The van der Waals surface area contributed by atoms with Crippen LogP contribution in [0, 0.1) is 9.49 Å². The number of nitrogens with one attached hydrogen (secondary N) is 1. The maximum Gasteiger partial charge on any atom is 0.133 e. The average Bonchev–Trinajstić information content (AvgIpc) is 2.41. The van der Waals surface area contributed by atoms with Crippen molar-refractivity contribution >= 4 is 38.5 Å². The molecule has 1 N–H and O–H groups in total. The molecule has 0 aliphatic carbocycles. The van der Waals surface area contributed by atoms with E-state index in [1.54, 1.807) is 0 Å². The maximum absolute atomic E-state index is 6.05. The smallest absolute Gasteiger partial charge is 0.133 e. The van der Waals surface area contributed by atoms with E-state index in [1.165, 1.54) is 3.57 Å². The van der Waals surface area contributed by atoms with E-state index in [9.17, 15) is 0 Å². The molecule has 0 radical (unpaired) electrons. The molecule has 2 aromatic carbocycles. The molecule has 0 heterocycles. The lowest BCUT2D eigenvalue weighted by Gasteiger charge is -2.13. The van der Waals surface area contributed by atoms with Gasteiger partial charge in [-0.05, 0) is 65.4 Å². The molecule has 0 spiro atoms. The van der Waals surface area contributed by atoms with Gasteiger partial charge in [0.05, 0.1) is 0 Å². The molecular formula is C17H19BrINO. The van der Waals surface area contributed by atoms with Gasteiger partial charge in [0.15, 0.2) is 0 Å². The number of halogens is 2. The second-order valence-corrected chi connectivity index (χ2v) is 7.50. The predicted molar refractivity (Wildman–Crippen MR) is 99.9 cm³/mol. The van der Waals surface area contributed by atoms with Crippen molar-refractivity contribution in [1.82, 2.24) is 5.32 Å². The Morgan fingerprint density at radius 2 is 2.00 bits per heavy atom. The molecule has 0 aliphatic heterocycles. The van der Waals surface area contributed by atoms with Crippen LogP contribution in [0.3, 0.4) is 0 Å². The van der Waals surface area contributed by atoms with Crippen molar-refractivity contribution in [2.45, 2.75) is 20.4 Å². The fourth-order valence-electron chi connectivity index (χ4n) is 1.92. The molecule has 0 unspecified atom stereocenters. The molecule has 0 bridgehead atoms. The monoisotopic (exact) mass is 459 g/mol. The van der Waals surface area contributed by atoms with Crippen LogP contribution in [-0.2, 0) is 6.54 Å². The van der Waals surface area contributed by atoms with E-state index < -0.39 is 0 Å². The van der Waals surface area contributed by atoms with E-state index in [1.807, 2.05) is 30.3 Å². The Kier molecular flexibility index (Phi) is 6.51. The first-order chi connectivity index (χ1) is 10.0. The highest BCUT2D eigenvalue weighted by atomic mass is 127. The minimum absolute atomic E-state index is 0.639. The SMILES string of the molecule is CC(C)CNCc1ccc(Br)cc1Oc1cccc(I)c1. The summed E-state index contributed by atoms with van der Waals surface area (Å²) < 4.78 is 8.24. The molecule has 2 aromatic rings. The fourth-order valence-corrected chi connectivity index (χ4v) is 2.78. The third-order valence-electron chi connectivity index (χ3n) is 2.92. The van der Waals surface area contributed by atoms with E-state index >= 15 is 0 Å². The summed E-state index contributed by atoms with van der Waals surface area (Å²) in [6, 6.07) is 14.2. The molecule has 0 aliphatic rings. The van der Waals surface area contributed by atoms with Gasteiger partial charge in [-0.15, -0.1) is 0 Å². The Bertz CT molecular complexity index is 601. The van der Waals surface area contributed by atoms with Crippen LogP contribution in [0.2, 0.25) is 0 Å². The van der Waals surface area contributed by atoms with Crippen LogP contribution in [0.4, 0.5) is 0 Å². The van der Waals surface area contributed by atoms with Gasteiger partial charge in [0, 0.05) is 20.2 Å². The number of hydrogen-bond acceptors (Lipinski definition) is 2. The quantitative estimate of drug-likeness (QED) is 0.568. The number of ether oxygens (including phenoxy) is 1. The second-order valence-electron chi connectivity index (χ2n) is 5.34. The molecule has 4 heteroatoms. The van der Waals surface area contributed by atoms with Crippen molar-refractivity contribution in [2.24, 2.45) is 5.92 Å². The standard InChI is InChI=1S/C17H19BrINO/c1-12(2)10-20-11-13-6-7-14(18)8-17(13)21-16-5-3-4-15(19)9-16/h3-9,12,20H,10-11H2,1-2H3. The minimum atomic E-state index is 0.639. The van der Waals surface area contributed by atoms with Crippen LogP contribution in [0.5, 0.6) is 11.5 Å². The van der Waals surface area contributed by atoms with E-state index in [4.69, 9.17) is 4.74 Å². The second kappa shape index (κ2) is 8.15. The Morgan fingerprint density at radius 1 is 1.19 bits per heavy atom. The Labute approximate surface area is 148 Å². The van der Waals surface area contributed by atoms with Crippen molar-refractivity contribution in [3.63, 3.8) is 0 Å². The topological polar surface area (TPSA) is 21.3 Å². The van der Waals surface area contributed by atoms with Crippen LogP contribution in [0.25, 0.3) is 0 Å². The Balaban J connectivity index is 2.15. The van der Waals surface area contributed by atoms with Crippen molar-refractivity contribution in [2.75, 3.05) is 6.54 Å². The number of rotatable bonds is 6. The molecular weight excluding hydrogens is 441 g/mol. The third kappa shape index (κ3) is 5.60. The molecule has 0 atom stereocenters. The summed E-state index contributed by atoms with van der Waals surface area (Å²) in [5.41, 5.74) is 1.16. The fraction of sp³-hybridized carbons (Fsp3) is 0.294. The lowest BCUT2D eigenvalue weighted by molar-refractivity contribution is 0.468. The highest BCUT2D eigenvalue weighted by molar-refractivity contribution is 14.1. The van der Waals surface area contributed by atoms with Crippen LogP contribution in [0.15, 0.2) is 46.9 Å². The summed E-state index contributed by atoms with van der Waals surface area (Å²) in [6.07, 6.45) is 0. The highest BCUT2D eigenvalue weighted by Gasteiger charge is 2.07. The molecule has 0 fully saturated rings. The van der Waals surface area contributed by atoms with Gasteiger partial charge in [0.2, 0.25) is 0 Å². The largest absolute Gasteiger partial charge is 0.457 e. The lowest BCUT2D eigenvalue weighted by atomic mass is 10.2. The predicted octanol–water partition coefficient (Wildman–Crippen LogP) is 5.59. The molecule has 0 amide bonds. The maximum atomic E-state index is 6.05. The van der Waals surface area contributed by atoms with Crippen LogP contribution in [0.1, 0.15) is 19.4 Å². The van der Waals surface area contributed by atoms with Gasteiger partial charge in [0.1, 0.15) is 11.5 Å². The summed E-state index contributed by atoms with van der Waals surface area (Å²) in [6.45, 7) is 6.22. The molecule has 21 heavy (non-hydrogen) atoms. The van der Waals surface area contributed by atoms with Crippen molar-refractivity contribution in [3.05, 3.63) is 56.1 Å². The summed E-state index contributed by atoms with van der Waals surface area (Å²) in [5.74, 6) is 2.40. The summed E-state index contributed by atoms with van der Waals surface area (Å²) in [7, 11) is 0. The van der Waals surface area contributed by atoms with Gasteiger partial charge in [-0.3, -0.25) is 0 Å². The first-order valence-corrected chi connectivity index (χ1v) is 8.84. The van der Waals surface area contributed by atoms with Gasteiger partial charge in [-0.25, -0.2) is 0 Å². The lowest BCUT2D eigenvalue weighted by Crippen LogP contribution is -2.19. The number of benzene rings is 2. The first kappa shape index (κ1) is 16.8. The van der Waals surface area contributed by atoms with Crippen LogP contribution in [-0.4, -0.2) is 6.54 Å². The van der Waals surface area contributed by atoms with E-state index in [2.05, 4.69) is 69.8 Å². The summed E-state index contributed by atoms with van der Waals surface area (Å²) >= 11 is 5.81. The molecule has 112 valence electrons. The van der Waals surface area contributed by atoms with Gasteiger partial charge in [0.25, 0.3) is 0 Å². The molecule has 2 rings (SSSR count). The minimum Gasteiger partial charge on any atom is -0.457 e. The van der Waals surface area contributed by atoms with Gasteiger partial charge in [-0.1, -0.05) is 41.9 Å². The molecule has 2 nitrogen and oxygen atoms in total. The van der Waals surface area contributed by atoms with Gasteiger partial charge < -0.3 is 10.1 Å². The molecule has 0 aromatic heterocycles. The zero-order valence-electron chi connectivity index (χ0n) is 12.2. The molecule has 0 saturated carbocycles. The van der Waals surface area contributed by atoms with Crippen molar-refractivity contribution < 1.29 is 4.74 Å². The summed E-state index contributed by atoms with van der Waals surface area (Å²) in [5, 5.41) is 3.46. The Hall–Kier alpha value is -0.590. The highest BCUT2D eigenvalue weighted by Crippen LogP contribution is 2.29. The van der Waals surface area contributed by atoms with Gasteiger partial charge >= 0.3 is 0 Å².